The largest absolute Gasteiger partial charge is 0.481 e. The second-order valence-electron chi connectivity index (χ2n) is 4.69. The first kappa shape index (κ1) is 13.0. The standard InChI is InChI=1S/C11H19NO4/c1-4-16-8-5-7(11(8,2)3)12-9(13)6-10(14)15/h7-8H,4-6H2,1-3H3,(H,12,13)(H,14,15). The Morgan fingerprint density at radius 3 is 2.56 bits per heavy atom. The predicted octanol–water partition coefficient (Wildman–Crippen LogP) is 0.781. The second kappa shape index (κ2) is 4.82. The van der Waals surface area contributed by atoms with Crippen molar-refractivity contribution >= 4 is 11.9 Å². The van der Waals surface area contributed by atoms with E-state index in [0.717, 1.165) is 6.42 Å². The van der Waals surface area contributed by atoms with Gasteiger partial charge in [-0.3, -0.25) is 9.59 Å². The number of carboxylic acids is 1. The summed E-state index contributed by atoms with van der Waals surface area (Å²) in [6.45, 7) is 6.63. The number of hydrogen-bond donors (Lipinski definition) is 2. The summed E-state index contributed by atoms with van der Waals surface area (Å²) in [5.41, 5.74) is -0.121. The van der Waals surface area contributed by atoms with E-state index in [0.29, 0.717) is 6.61 Å². The average Bonchev–Trinajstić information content (AvgIpc) is 2.15. The minimum absolute atomic E-state index is 0.0101. The van der Waals surface area contributed by atoms with Gasteiger partial charge in [0.25, 0.3) is 0 Å². The Hall–Kier alpha value is -1.10. The van der Waals surface area contributed by atoms with Crippen LogP contribution in [0.4, 0.5) is 0 Å². The van der Waals surface area contributed by atoms with Crippen molar-refractivity contribution in [1.82, 2.24) is 5.32 Å². The van der Waals surface area contributed by atoms with Gasteiger partial charge in [-0.15, -0.1) is 0 Å². The molecule has 1 saturated carbocycles. The normalized spacial score (nSPS) is 26.9. The van der Waals surface area contributed by atoms with Gasteiger partial charge in [-0.2, -0.15) is 0 Å². The summed E-state index contributed by atoms with van der Waals surface area (Å²) in [7, 11) is 0. The summed E-state index contributed by atoms with van der Waals surface area (Å²) < 4.78 is 5.52. The van der Waals surface area contributed by atoms with Crippen molar-refractivity contribution in [1.29, 1.82) is 0 Å². The van der Waals surface area contributed by atoms with Crippen LogP contribution in [0.1, 0.15) is 33.6 Å². The lowest BCUT2D eigenvalue weighted by atomic mass is 9.64. The highest BCUT2D eigenvalue weighted by molar-refractivity contribution is 5.93. The van der Waals surface area contributed by atoms with Crippen molar-refractivity contribution in [2.75, 3.05) is 6.61 Å². The van der Waals surface area contributed by atoms with Crippen molar-refractivity contribution in [3.8, 4) is 0 Å². The fourth-order valence-electron chi connectivity index (χ4n) is 2.00. The summed E-state index contributed by atoms with van der Waals surface area (Å²) in [4.78, 5) is 21.6. The van der Waals surface area contributed by atoms with Gasteiger partial charge >= 0.3 is 5.97 Å². The van der Waals surface area contributed by atoms with E-state index in [1.54, 1.807) is 0 Å². The Morgan fingerprint density at radius 1 is 1.50 bits per heavy atom. The van der Waals surface area contributed by atoms with Crippen LogP contribution >= 0.6 is 0 Å². The van der Waals surface area contributed by atoms with E-state index in [1.165, 1.54) is 0 Å². The minimum atomic E-state index is -1.10. The molecule has 92 valence electrons. The smallest absolute Gasteiger partial charge is 0.312 e. The van der Waals surface area contributed by atoms with Gasteiger partial charge in [0.2, 0.25) is 5.91 Å². The summed E-state index contributed by atoms with van der Waals surface area (Å²) in [5, 5.41) is 11.2. The number of nitrogens with one attached hydrogen (secondary N) is 1. The van der Waals surface area contributed by atoms with E-state index in [4.69, 9.17) is 9.84 Å². The van der Waals surface area contributed by atoms with Crippen LogP contribution in [0.2, 0.25) is 0 Å². The van der Waals surface area contributed by atoms with E-state index in [2.05, 4.69) is 5.32 Å². The van der Waals surface area contributed by atoms with Crippen LogP contribution in [-0.2, 0) is 14.3 Å². The zero-order chi connectivity index (χ0) is 12.3. The number of hydrogen-bond acceptors (Lipinski definition) is 3. The predicted molar refractivity (Wildman–Crippen MR) is 58.0 cm³/mol. The van der Waals surface area contributed by atoms with Crippen LogP contribution < -0.4 is 5.32 Å². The molecule has 0 aromatic carbocycles. The SMILES string of the molecule is CCOC1CC(NC(=O)CC(=O)O)C1(C)C. The lowest BCUT2D eigenvalue weighted by Gasteiger charge is -2.51. The maximum atomic E-state index is 11.3. The highest BCUT2D eigenvalue weighted by Gasteiger charge is 2.49. The molecular formula is C11H19NO4. The maximum absolute atomic E-state index is 11.3. The third-order valence-corrected chi connectivity index (χ3v) is 3.19. The molecule has 2 N–H and O–H groups in total. The zero-order valence-electron chi connectivity index (χ0n) is 9.95. The molecular weight excluding hydrogens is 210 g/mol. The molecule has 0 radical (unpaired) electrons. The molecule has 5 nitrogen and oxygen atoms in total. The quantitative estimate of drug-likeness (QED) is 0.683. The lowest BCUT2D eigenvalue weighted by molar-refractivity contribution is -0.145. The topological polar surface area (TPSA) is 75.6 Å². The summed E-state index contributed by atoms with van der Waals surface area (Å²) >= 11 is 0. The van der Waals surface area contributed by atoms with Gasteiger partial charge in [0.05, 0.1) is 6.10 Å². The van der Waals surface area contributed by atoms with Crippen molar-refractivity contribution in [3.63, 3.8) is 0 Å². The Labute approximate surface area is 95.2 Å². The Bertz CT molecular complexity index is 288. The van der Waals surface area contributed by atoms with Crippen molar-refractivity contribution in [2.45, 2.75) is 45.8 Å². The molecule has 16 heavy (non-hydrogen) atoms. The molecule has 1 aliphatic rings. The number of carboxylic acid groups (broad SMARTS) is 1. The Balaban J connectivity index is 2.41. The maximum Gasteiger partial charge on any atom is 0.312 e. The van der Waals surface area contributed by atoms with Gasteiger partial charge in [-0.05, 0) is 13.3 Å². The van der Waals surface area contributed by atoms with E-state index < -0.39 is 18.3 Å². The van der Waals surface area contributed by atoms with Gasteiger partial charge < -0.3 is 15.2 Å². The minimum Gasteiger partial charge on any atom is -0.481 e. The van der Waals surface area contributed by atoms with Gasteiger partial charge in [-0.25, -0.2) is 0 Å². The monoisotopic (exact) mass is 229 g/mol. The second-order valence-corrected chi connectivity index (χ2v) is 4.69. The lowest BCUT2D eigenvalue weighted by Crippen LogP contribution is -2.62. The number of ether oxygens (including phenoxy) is 1. The van der Waals surface area contributed by atoms with Crippen LogP contribution in [0.3, 0.4) is 0 Å². The molecule has 0 saturated heterocycles. The van der Waals surface area contributed by atoms with Gasteiger partial charge in [0.15, 0.2) is 0 Å². The van der Waals surface area contributed by atoms with Crippen LogP contribution in [0.25, 0.3) is 0 Å². The fourth-order valence-corrected chi connectivity index (χ4v) is 2.00. The first-order valence-electron chi connectivity index (χ1n) is 5.50. The van der Waals surface area contributed by atoms with Crippen molar-refractivity contribution < 1.29 is 19.4 Å². The molecule has 0 aromatic heterocycles. The van der Waals surface area contributed by atoms with Crippen LogP contribution in [0, 0.1) is 5.41 Å². The molecule has 0 heterocycles. The van der Waals surface area contributed by atoms with Crippen molar-refractivity contribution in [2.24, 2.45) is 5.41 Å². The number of carbonyl (C=O) groups excluding carboxylic acids is 1. The number of carbonyl (C=O) groups is 2. The molecule has 1 fully saturated rings. The molecule has 0 bridgehead atoms. The van der Waals surface area contributed by atoms with Crippen LogP contribution in [0.15, 0.2) is 0 Å². The van der Waals surface area contributed by atoms with Crippen LogP contribution in [-0.4, -0.2) is 35.7 Å². The number of amides is 1. The van der Waals surface area contributed by atoms with E-state index in [1.807, 2.05) is 20.8 Å². The summed E-state index contributed by atoms with van der Waals surface area (Å²) in [6.07, 6.45) is 0.436. The molecule has 2 unspecified atom stereocenters. The Kier molecular flexibility index (Phi) is 3.91. The summed E-state index contributed by atoms with van der Waals surface area (Å²) in [6, 6.07) is 0.0101. The van der Waals surface area contributed by atoms with E-state index in [-0.39, 0.29) is 17.6 Å². The van der Waals surface area contributed by atoms with Gasteiger partial charge in [-0.1, -0.05) is 13.8 Å². The molecule has 1 aliphatic carbocycles. The van der Waals surface area contributed by atoms with E-state index >= 15 is 0 Å². The molecule has 0 aliphatic heterocycles. The first-order chi connectivity index (χ1) is 7.37. The average molecular weight is 229 g/mol. The van der Waals surface area contributed by atoms with Gasteiger partial charge in [0, 0.05) is 18.1 Å². The third kappa shape index (κ3) is 2.72. The van der Waals surface area contributed by atoms with Crippen LogP contribution in [0.5, 0.6) is 0 Å². The zero-order valence-corrected chi connectivity index (χ0v) is 9.95. The Morgan fingerprint density at radius 2 is 2.12 bits per heavy atom. The van der Waals surface area contributed by atoms with Gasteiger partial charge in [0.1, 0.15) is 6.42 Å². The highest BCUT2D eigenvalue weighted by Crippen LogP contribution is 2.42. The molecule has 0 aromatic rings. The van der Waals surface area contributed by atoms with E-state index in [9.17, 15) is 9.59 Å². The first-order valence-corrected chi connectivity index (χ1v) is 5.50. The van der Waals surface area contributed by atoms with Crippen molar-refractivity contribution in [3.05, 3.63) is 0 Å². The molecule has 1 rings (SSSR count). The molecule has 0 spiro atoms. The number of aliphatic carboxylic acids is 1. The third-order valence-electron chi connectivity index (χ3n) is 3.19. The fraction of sp³-hybridized carbons (Fsp3) is 0.818. The highest BCUT2D eigenvalue weighted by atomic mass is 16.5. The molecule has 1 amide bonds. The molecule has 5 heteroatoms. The number of rotatable bonds is 5. The summed E-state index contributed by atoms with van der Waals surface area (Å²) in [5.74, 6) is -1.53. The molecule has 2 atom stereocenters.